The van der Waals surface area contributed by atoms with E-state index in [0.29, 0.717) is 22.3 Å². The molecule has 2 unspecified atom stereocenters. The van der Waals surface area contributed by atoms with Crippen molar-refractivity contribution < 1.29 is 4.79 Å². The van der Waals surface area contributed by atoms with Crippen LogP contribution >= 0.6 is 23.5 Å². The lowest BCUT2D eigenvalue weighted by atomic mass is 10.0. The molecule has 2 aliphatic heterocycles. The van der Waals surface area contributed by atoms with Gasteiger partial charge in [-0.05, 0) is 12.0 Å². The minimum absolute atomic E-state index is 0.291. The Morgan fingerprint density at radius 3 is 2.50 bits per heavy atom. The van der Waals surface area contributed by atoms with Crippen molar-refractivity contribution in [2.75, 3.05) is 0 Å². The van der Waals surface area contributed by atoms with Gasteiger partial charge in [-0.1, -0.05) is 62.1 Å². The first-order chi connectivity index (χ1) is 10.4. The Balaban J connectivity index is 1.70. The fraction of sp³-hybridized carbons (Fsp3) is 0.389. The number of rotatable bonds is 3. The van der Waals surface area contributed by atoms with Crippen LogP contribution in [0.15, 0.2) is 46.2 Å². The molecule has 116 valence electrons. The summed E-state index contributed by atoms with van der Waals surface area (Å²) in [7, 11) is -1.20. The summed E-state index contributed by atoms with van der Waals surface area (Å²) in [6.45, 7) is 7.22. The number of benzene rings is 1. The maximum absolute atomic E-state index is 12.5. The molecule has 4 heteroatoms. The number of carbonyl (C=O) groups is 1. The lowest BCUT2D eigenvalue weighted by Gasteiger charge is -2.23. The van der Waals surface area contributed by atoms with E-state index in [9.17, 15) is 4.79 Å². The van der Waals surface area contributed by atoms with Crippen molar-refractivity contribution in [1.82, 2.24) is 0 Å². The predicted molar refractivity (Wildman–Crippen MR) is 103 cm³/mol. The third kappa shape index (κ3) is 3.61. The van der Waals surface area contributed by atoms with Crippen molar-refractivity contribution in [2.24, 2.45) is 0 Å². The first kappa shape index (κ1) is 16.2. The number of hydrogen-bond acceptors (Lipinski definition) is 3. The minimum Gasteiger partial charge on any atom is -0.294 e. The van der Waals surface area contributed by atoms with Crippen LogP contribution in [-0.4, -0.2) is 24.0 Å². The molecule has 1 aromatic carbocycles. The highest BCUT2D eigenvalue weighted by Crippen LogP contribution is 2.52. The maximum Gasteiger partial charge on any atom is 0.161 e. The summed E-state index contributed by atoms with van der Waals surface area (Å²) in [5.41, 5.74) is 2.33. The van der Waals surface area contributed by atoms with Crippen LogP contribution < -0.4 is 0 Å². The van der Waals surface area contributed by atoms with Crippen LogP contribution in [-0.2, 0) is 4.79 Å². The molecule has 0 aliphatic carbocycles. The topological polar surface area (TPSA) is 17.1 Å². The van der Waals surface area contributed by atoms with Crippen molar-refractivity contribution in [3.63, 3.8) is 0 Å². The Hall–Kier alpha value is -0.713. The van der Waals surface area contributed by atoms with Gasteiger partial charge in [-0.25, -0.2) is 0 Å². The zero-order chi connectivity index (χ0) is 15.7. The molecule has 0 N–H and O–H groups in total. The summed E-state index contributed by atoms with van der Waals surface area (Å²) < 4.78 is 1.31. The Kier molecular flexibility index (Phi) is 4.71. The van der Waals surface area contributed by atoms with Gasteiger partial charge in [-0.3, -0.25) is 4.79 Å². The van der Waals surface area contributed by atoms with E-state index in [1.165, 1.54) is 9.80 Å². The molecule has 1 nitrogen and oxygen atoms in total. The zero-order valence-electron chi connectivity index (χ0n) is 13.3. The van der Waals surface area contributed by atoms with Gasteiger partial charge in [0.15, 0.2) is 5.78 Å². The lowest BCUT2D eigenvalue weighted by molar-refractivity contribution is -0.115. The van der Waals surface area contributed by atoms with E-state index < -0.39 is 8.07 Å². The standard InChI is InChI=1S/C18H22OS2Si/c1-22(2,3)17-12-15-16(19)11-14(20-18(15)21-17)10-9-13-7-5-4-6-8-13/h4-10,14,17H,11-12H2,1-3H3/b10-9+. The number of Topliss-reactive ketones (excluding diaryl/α,β-unsaturated/α-hetero) is 1. The van der Waals surface area contributed by atoms with Gasteiger partial charge >= 0.3 is 0 Å². The van der Waals surface area contributed by atoms with E-state index in [2.05, 4.69) is 43.9 Å². The van der Waals surface area contributed by atoms with Crippen LogP contribution in [0.1, 0.15) is 18.4 Å². The number of thioether (sulfide) groups is 2. The van der Waals surface area contributed by atoms with Crippen molar-refractivity contribution >= 4 is 43.5 Å². The van der Waals surface area contributed by atoms with E-state index in [1.54, 1.807) is 0 Å². The van der Waals surface area contributed by atoms with Crippen LogP contribution in [0.4, 0.5) is 0 Å². The summed E-state index contributed by atoms with van der Waals surface area (Å²) in [5.74, 6) is 0.379. The highest BCUT2D eigenvalue weighted by Gasteiger charge is 2.40. The third-order valence-corrected chi connectivity index (χ3v) is 11.3. The highest BCUT2D eigenvalue weighted by atomic mass is 32.2. The molecule has 0 spiro atoms. The average Bonchev–Trinajstić information content (AvgIpc) is 2.91. The van der Waals surface area contributed by atoms with Gasteiger partial charge in [0, 0.05) is 26.4 Å². The molecule has 2 atom stereocenters. The number of allylic oxidation sites excluding steroid dienone is 1. The normalized spacial score (nSPS) is 25.9. The van der Waals surface area contributed by atoms with E-state index in [1.807, 2.05) is 41.7 Å². The SMILES string of the molecule is C[Si](C)(C)C1CC2=C(SC(/C=C/c3ccccc3)CC2=O)S1. The maximum atomic E-state index is 12.5. The van der Waals surface area contributed by atoms with E-state index in [-0.39, 0.29) is 0 Å². The molecule has 2 aliphatic rings. The highest BCUT2D eigenvalue weighted by molar-refractivity contribution is 8.23. The Bertz CT molecular complexity index is 628. The zero-order valence-corrected chi connectivity index (χ0v) is 16.0. The monoisotopic (exact) mass is 346 g/mol. The summed E-state index contributed by atoms with van der Waals surface area (Å²) in [4.78, 5) is 13.1. The first-order valence-electron chi connectivity index (χ1n) is 7.76. The van der Waals surface area contributed by atoms with E-state index in [0.717, 1.165) is 12.0 Å². The quantitative estimate of drug-likeness (QED) is 0.685. The average molecular weight is 347 g/mol. The van der Waals surface area contributed by atoms with Crippen LogP contribution in [0.5, 0.6) is 0 Å². The summed E-state index contributed by atoms with van der Waals surface area (Å²) in [6, 6.07) is 10.3. The van der Waals surface area contributed by atoms with Crippen LogP contribution in [0, 0.1) is 0 Å². The Labute approximate surface area is 142 Å². The Morgan fingerprint density at radius 2 is 1.82 bits per heavy atom. The summed E-state index contributed by atoms with van der Waals surface area (Å²) in [6.07, 6.45) is 6.01. The van der Waals surface area contributed by atoms with Crippen LogP contribution in [0.2, 0.25) is 19.6 Å². The van der Waals surface area contributed by atoms with Gasteiger partial charge in [0.2, 0.25) is 0 Å². The lowest BCUT2D eigenvalue weighted by Crippen LogP contribution is -2.34. The molecule has 3 rings (SSSR count). The largest absolute Gasteiger partial charge is 0.294 e. The third-order valence-electron chi connectivity index (χ3n) is 4.14. The number of hydrogen-bond donors (Lipinski definition) is 0. The summed E-state index contributed by atoms with van der Waals surface area (Å²) >= 11 is 3.88. The van der Waals surface area contributed by atoms with E-state index >= 15 is 0 Å². The van der Waals surface area contributed by atoms with Crippen LogP contribution in [0.25, 0.3) is 6.08 Å². The minimum atomic E-state index is -1.20. The van der Waals surface area contributed by atoms with Gasteiger partial charge in [0.1, 0.15) is 0 Å². The Morgan fingerprint density at radius 1 is 1.09 bits per heavy atom. The van der Waals surface area contributed by atoms with Crippen molar-refractivity contribution in [1.29, 1.82) is 0 Å². The number of ketones is 1. The molecule has 0 radical (unpaired) electrons. The molecule has 0 aromatic heterocycles. The second-order valence-electron chi connectivity index (χ2n) is 7.00. The summed E-state index contributed by atoms with van der Waals surface area (Å²) in [5, 5.41) is 0.291. The molecule has 0 saturated carbocycles. The molecule has 0 bridgehead atoms. The van der Waals surface area contributed by atoms with Crippen molar-refractivity contribution in [3.8, 4) is 0 Å². The molecular weight excluding hydrogens is 324 g/mol. The van der Waals surface area contributed by atoms with Gasteiger partial charge in [-0.2, -0.15) is 0 Å². The smallest absolute Gasteiger partial charge is 0.161 e. The van der Waals surface area contributed by atoms with E-state index in [4.69, 9.17) is 0 Å². The van der Waals surface area contributed by atoms with Gasteiger partial charge in [0.25, 0.3) is 0 Å². The first-order valence-corrected chi connectivity index (χ1v) is 13.1. The molecule has 22 heavy (non-hydrogen) atoms. The fourth-order valence-electron chi connectivity index (χ4n) is 2.70. The second-order valence-corrected chi connectivity index (χ2v) is 15.6. The van der Waals surface area contributed by atoms with Gasteiger partial charge in [0.05, 0.1) is 8.07 Å². The fourth-order valence-corrected chi connectivity index (χ4v) is 8.33. The predicted octanol–water partition coefficient (Wildman–Crippen LogP) is 5.37. The molecule has 0 fully saturated rings. The molecule has 0 amide bonds. The van der Waals surface area contributed by atoms with Crippen molar-refractivity contribution in [2.45, 2.75) is 42.6 Å². The molecule has 0 saturated heterocycles. The van der Waals surface area contributed by atoms with Gasteiger partial charge < -0.3 is 0 Å². The van der Waals surface area contributed by atoms with Crippen LogP contribution in [0.3, 0.4) is 0 Å². The molecular formula is C18H22OS2Si. The second kappa shape index (κ2) is 6.42. The molecule has 2 heterocycles. The molecule has 1 aromatic rings. The van der Waals surface area contributed by atoms with Gasteiger partial charge in [-0.15, -0.1) is 23.5 Å². The van der Waals surface area contributed by atoms with Crippen molar-refractivity contribution in [3.05, 3.63) is 51.8 Å². The number of carbonyl (C=O) groups excluding carboxylic acids is 1.